The van der Waals surface area contributed by atoms with Crippen molar-refractivity contribution in [3.8, 4) is 11.5 Å². The molecule has 0 aliphatic carbocycles. The second-order valence-corrected chi connectivity index (χ2v) is 6.32. The summed E-state index contributed by atoms with van der Waals surface area (Å²) in [5.74, 6) is 1.77. The van der Waals surface area contributed by atoms with Crippen molar-refractivity contribution in [3.63, 3.8) is 0 Å². The van der Waals surface area contributed by atoms with Crippen LogP contribution in [0, 0.1) is 11.8 Å². The summed E-state index contributed by atoms with van der Waals surface area (Å²) in [5, 5.41) is 3.06. The highest BCUT2D eigenvalue weighted by molar-refractivity contribution is 5.81. The Kier molecular flexibility index (Phi) is 4.74. The molecule has 0 saturated carbocycles. The molecule has 4 heteroatoms. The molecule has 2 aromatic rings. The van der Waals surface area contributed by atoms with Crippen molar-refractivity contribution in [1.29, 1.82) is 0 Å². The Morgan fingerprint density at radius 1 is 1.04 bits per heavy atom. The lowest BCUT2D eigenvalue weighted by Crippen LogP contribution is -2.20. The predicted molar refractivity (Wildman–Crippen MR) is 93.0 cm³/mol. The number of hydrogen-bond donors (Lipinski definition) is 1. The molecule has 1 heterocycles. The predicted octanol–water partition coefficient (Wildman–Crippen LogP) is 3.72. The SMILES string of the molecule is COc1cc([C@H]2NC(=O)C(C)[C@H]2C)ccc1OCc1ccccc1. The van der Waals surface area contributed by atoms with Gasteiger partial charge in [-0.1, -0.05) is 50.2 Å². The van der Waals surface area contributed by atoms with Crippen LogP contribution in [0.1, 0.15) is 31.0 Å². The standard InChI is InChI=1S/C20H23NO3/c1-13-14(2)20(22)21-19(13)16-9-10-17(18(11-16)23-3)24-12-15-7-5-4-6-8-15/h4-11,13-14,19H,12H2,1-3H3,(H,21,22)/t13-,14?,19+/m1/s1. The van der Waals surface area contributed by atoms with Gasteiger partial charge in [0.1, 0.15) is 6.61 Å². The Hall–Kier alpha value is -2.49. The molecule has 1 amide bonds. The number of benzene rings is 2. The van der Waals surface area contributed by atoms with E-state index in [0.29, 0.717) is 18.1 Å². The smallest absolute Gasteiger partial charge is 0.223 e. The van der Waals surface area contributed by atoms with Gasteiger partial charge >= 0.3 is 0 Å². The molecule has 1 N–H and O–H groups in total. The van der Waals surface area contributed by atoms with E-state index >= 15 is 0 Å². The van der Waals surface area contributed by atoms with Crippen molar-refractivity contribution in [2.24, 2.45) is 11.8 Å². The highest BCUT2D eigenvalue weighted by atomic mass is 16.5. The minimum absolute atomic E-state index is 0.0181. The molecule has 3 atom stereocenters. The van der Waals surface area contributed by atoms with E-state index in [2.05, 4.69) is 12.2 Å². The summed E-state index contributed by atoms with van der Waals surface area (Å²) in [6.45, 7) is 4.55. The first-order valence-corrected chi connectivity index (χ1v) is 8.25. The van der Waals surface area contributed by atoms with Gasteiger partial charge in [0.2, 0.25) is 5.91 Å². The molecule has 1 aliphatic heterocycles. The van der Waals surface area contributed by atoms with Gasteiger partial charge in [-0.25, -0.2) is 0 Å². The first kappa shape index (κ1) is 16.4. The van der Waals surface area contributed by atoms with Gasteiger partial charge in [-0.15, -0.1) is 0 Å². The van der Waals surface area contributed by atoms with E-state index in [9.17, 15) is 4.79 Å². The van der Waals surface area contributed by atoms with Crippen LogP contribution < -0.4 is 14.8 Å². The Bertz CT molecular complexity index is 714. The first-order valence-electron chi connectivity index (χ1n) is 8.25. The maximum Gasteiger partial charge on any atom is 0.223 e. The summed E-state index contributed by atoms with van der Waals surface area (Å²) < 4.78 is 11.4. The lowest BCUT2D eigenvalue weighted by atomic mass is 9.89. The molecule has 1 unspecified atom stereocenters. The molecule has 1 fully saturated rings. The van der Waals surface area contributed by atoms with Gasteiger partial charge in [-0.2, -0.15) is 0 Å². The zero-order valence-electron chi connectivity index (χ0n) is 14.3. The summed E-state index contributed by atoms with van der Waals surface area (Å²) in [6, 6.07) is 15.9. The quantitative estimate of drug-likeness (QED) is 0.911. The summed E-state index contributed by atoms with van der Waals surface area (Å²) in [4.78, 5) is 11.9. The van der Waals surface area contributed by atoms with Gasteiger partial charge < -0.3 is 14.8 Å². The largest absolute Gasteiger partial charge is 0.493 e. The van der Waals surface area contributed by atoms with Crippen molar-refractivity contribution in [1.82, 2.24) is 5.32 Å². The second-order valence-electron chi connectivity index (χ2n) is 6.32. The van der Waals surface area contributed by atoms with Gasteiger partial charge in [-0.05, 0) is 29.2 Å². The highest BCUT2D eigenvalue weighted by Crippen LogP contribution is 2.38. The molecule has 126 valence electrons. The number of carbonyl (C=O) groups is 1. The van der Waals surface area contributed by atoms with Gasteiger partial charge in [0, 0.05) is 5.92 Å². The van der Waals surface area contributed by atoms with Gasteiger partial charge in [0.05, 0.1) is 13.2 Å². The van der Waals surface area contributed by atoms with Crippen LogP contribution in [0.4, 0.5) is 0 Å². The van der Waals surface area contributed by atoms with Crippen LogP contribution in [0.15, 0.2) is 48.5 Å². The lowest BCUT2D eigenvalue weighted by molar-refractivity contribution is -0.122. The maximum absolute atomic E-state index is 11.9. The van der Waals surface area contributed by atoms with Crippen molar-refractivity contribution in [2.45, 2.75) is 26.5 Å². The topological polar surface area (TPSA) is 47.6 Å². The van der Waals surface area contributed by atoms with Gasteiger partial charge in [0.25, 0.3) is 0 Å². The number of nitrogens with one attached hydrogen (secondary N) is 1. The van der Waals surface area contributed by atoms with Crippen LogP contribution in [0.25, 0.3) is 0 Å². The third-order valence-corrected chi connectivity index (χ3v) is 4.81. The Morgan fingerprint density at radius 3 is 2.42 bits per heavy atom. The van der Waals surface area contributed by atoms with Crippen LogP contribution in [0.3, 0.4) is 0 Å². The highest BCUT2D eigenvalue weighted by Gasteiger charge is 2.37. The van der Waals surface area contributed by atoms with Gasteiger partial charge in [0.15, 0.2) is 11.5 Å². The average molecular weight is 325 g/mol. The fourth-order valence-electron chi connectivity index (χ4n) is 3.06. The summed E-state index contributed by atoms with van der Waals surface area (Å²) in [5.41, 5.74) is 2.15. The summed E-state index contributed by atoms with van der Waals surface area (Å²) >= 11 is 0. The molecular weight excluding hydrogens is 302 g/mol. The molecule has 24 heavy (non-hydrogen) atoms. The van der Waals surface area contributed by atoms with Crippen LogP contribution in [0.2, 0.25) is 0 Å². The van der Waals surface area contributed by atoms with E-state index in [4.69, 9.17) is 9.47 Å². The number of methoxy groups -OCH3 is 1. The molecule has 0 spiro atoms. The number of rotatable bonds is 5. The van der Waals surface area contributed by atoms with Crippen LogP contribution in [0.5, 0.6) is 11.5 Å². The van der Waals surface area contributed by atoms with Crippen molar-refractivity contribution >= 4 is 5.91 Å². The second kappa shape index (κ2) is 6.95. The van der Waals surface area contributed by atoms with Gasteiger partial charge in [-0.3, -0.25) is 4.79 Å². The molecule has 0 aromatic heterocycles. The summed E-state index contributed by atoms with van der Waals surface area (Å²) in [6.07, 6.45) is 0. The number of hydrogen-bond acceptors (Lipinski definition) is 3. The van der Waals surface area contributed by atoms with Crippen LogP contribution >= 0.6 is 0 Å². The van der Waals surface area contributed by atoms with E-state index in [1.807, 2.05) is 55.5 Å². The fourth-order valence-corrected chi connectivity index (χ4v) is 3.06. The number of carbonyl (C=O) groups excluding carboxylic acids is 1. The first-order chi connectivity index (χ1) is 11.6. The van der Waals surface area contributed by atoms with Crippen LogP contribution in [-0.4, -0.2) is 13.0 Å². The Labute approximate surface area is 142 Å². The third kappa shape index (κ3) is 3.23. The molecule has 0 radical (unpaired) electrons. The monoisotopic (exact) mass is 325 g/mol. The molecule has 3 rings (SSSR count). The van der Waals surface area contributed by atoms with E-state index in [0.717, 1.165) is 11.1 Å². The molecular formula is C20H23NO3. The van der Waals surface area contributed by atoms with Crippen molar-refractivity contribution in [3.05, 3.63) is 59.7 Å². The molecule has 2 aromatic carbocycles. The summed E-state index contributed by atoms with van der Waals surface area (Å²) in [7, 11) is 1.63. The van der Waals surface area contributed by atoms with Crippen molar-refractivity contribution in [2.75, 3.05) is 7.11 Å². The maximum atomic E-state index is 11.9. The zero-order chi connectivity index (χ0) is 17.1. The minimum atomic E-state index is 0.0181. The van der Waals surface area contributed by atoms with E-state index in [1.54, 1.807) is 7.11 Å². The Balaban J connectivity index is 1.77. The normalized spacial score (nSPS) is 23.0. The molecule has 4 nitrogen and oxygen atoms in total. The zero-order valence-corrected chi connectivity index (χ0v) is 14.3. The third-order valence-electron chi connectivity index (χ3n) is 4.81. The van der Waals surface area contributed by atoms with E-state index in [-0.39, 0.29) is 23.8 Å². The van der Waals surface area contributed by atoms with Crippen LogP contribution in [-0.2, 0) is 11.4 Å². The fraction of sp³-hybridized carbons (Fsp3) is 0.350. The van der Waals surface area contributed by atoms with Crippen molar-refractivity contribution < 1.29 is 14.3 Å². The molecule has 1 saturated heterocycles. The average Bonchev–Trinajstić information content (AvgIpc) is 2.88. The number of ether oxygens (including phenoxy) is 2. The lowest BCUT2D eigenvalue weighted by Gasteiger charge is -2.19. The minimum Gasteiger partial charge on any atom is -0.493 e. The molecule has 0 bridgehead atoms. The molecule has 1 aliphatic rings. The number of amides is 1. The Morgan fingerprint density at radius 2 is 1.79 bits per heavy atom. The van der Waals surface area contributed by atoms with E-state index in [1.165, 1.54) is 0 Å². The van der Waals surface area contributed by atoms with E-state index < -0.39 is 0 Å².